The number of carbonyl (C=O) groups is 2. The molecule has 1 heterocycles. The smallest absolute Gasteiger partial charge is 0.358 e. The zero-order valence-corrected chi connectivity index (χ0v) is 9.80. The number of carboxylic acid groups (broad SMARTS) is 1. The second kappa shape index (κ2) is 5.48. The Balaban J connectivity index is 1.67. The molecule has 2 amide bonds. The molecule has 8 nitrogen and oxygen atoms in total. The van der Waals surface area contributed by atoms with E-state index in [1.165, 1.54) is 17.3 Å². The molecule has 1 aromatic rings. The summed E-state index contributed by atoms with van der Waals surface area (Å²) >= 11 is 0. The largest absolute Gasteiger partial charge is 0.476 e. The Morgan fingerprint density at radius 3 is 2.83 bits per heavy atom. The van der Waals surface area contributed by atoms with E-state index in [1.807, 2.05) is 0 Å². The summed E-state index contributed by atoms with van der Waals surface area (Å²) in [5.74, 6) is -1.11. The SMILES string of the molecule is O=C(NCCn1cc(C(=O)O)nn1)NC1CCC1. The van der Waals surface area contributed by atoms with Crippen LogP contribution >= 0.6 is 0 Å². The van der Waals surface area contributed by atoms with Crippen molar-refractivity contribution in [3.05, 3.63) is 11.9 Å². The third-order valence-electron chi connectivity index (χ3n) is 2.82. The average Bonchev–Trinajstić information content (AvgIpc) is 2.72. The molecule has 0 saturated heterocycles. The Bertz CT molecular complexity index is 440. The van der Waals surface area contributed by atoms with Crippen molar-refractivity contribution >= 4 is 12.0 Å². The lowest BCUT2D eigenvalue weighted by molar-refractivity contribution is 0.0690. The van der Waals surface area contributed by atoms with Gasteiger partial charge < -0.3 is 15.7 Å². The van der Waals surface area contributed by atoms with Crippen LogP contribution in [0.25, 0.3) is 0 Å². The molecule has 18 heavy (non-hydrogen) atoms. The van der Waals surface area contributed by atoms with Gasteiger partial charge in [0.15, 0.2) is 5.69 Å². The fourth-order valence-electron chi connectivity index (χ4n) is 1.58. The molecule has 0 radical (unpaired) electrons. The van der Waals surface area contributed by atoms with Crippen molar-refractivity contribution in [1.29, 1.82) is 0 Å². The molecular weight excluding hydrogens is 238 g/mol. The molecule has 0 bridgehead atoms. The molecule has 1 aromatic heterocycles. The molecule has 8 heteroatoms. The van der Waals surface area contributed by atoms with Crippen LogP contribution in [0, 0.1) is 0 Å². The Labute approximate surface area is 103 Å². The third-order valence-corrected chi connectivity index (χ3v) is 2.82. The number of carbonyl (C=O) groups excluding carboxylic acids is 1. The topological polar surface area (TPSA) is 109 Å². The lowest BCUT2D eigenvalue weighted by Gasteiger charge is -2.26. The van der Waals surface area contributed by atoms with Crippen LogP contribution in [0.1, 0.15) is 29.8 Å². The van der Waals surface area contributed by atoms with Gasteiger partial charge in [0.1, 0.15) is 0 Å². The van der Waals surface area contributed by atoms with Gasteiger partial charge in [0.25, 0.3) is 0 Å². The number of nitrogens with one attached hydrogen (secondary N) is 2. The summed E-state index contributed by atoms with van der Waals surface area (Å²) in [5.41, 5.74) is -0.103. The van der Waals surface area contributed by atoms with Crippen LogP contribution in [-0.4, -0.2) is 44.7 Å². The zero-order chi connectivity index (χ0) is 13.0. The van der Waals surface area contributed by atoms with Crippen molar-refractivity contribution < 1.29 is 14.7 Å². The minimum Gasteiger partial charge on any atom is -0.476 e. The van der Waals surface area contributed by atoms with Crippen LogP contribution in [0.3, 0.4) is 0 Å². The minimum atomic E-state index is -1.11. The van der Waals surface area contributed by atoms with E-state index in [0.717, 1.165) is 12.8 Å². The van der Waals surface area contributed by atoms with E-state index >= 15 is 0 Å². The van der Waals surface area contributed by atoms with Gasteiger partial charge in [0.2, 0.25) is 0 Å². The monoisotopic (exact) mass is 253 g/mol. The standard InChI is InChI=1S/C10H15N5O3/c16-9(17)8-6-15(14-13-8)5-4-11-10(18)12-7-2-1-3-7/h6-7H,1-5H2,(H,16,17)(H2,11,12,18). The minimum absolute atomic E-state index is 0.103. The van der Waals surface area contributed by atoms with Gasteiger partial charge in [0, 0.05) is 12.6 Å². The van der Waals surface area contributed by atoms with E-state index in [1.54, 1.807) is 0 Å². The van der Waals surface area contributed by atoms with Crippen LogP contribution < -0.4 is 10.6 Å². The third kappa shape index (κ3) is 3.19. The Morgan fingerprint density at radius 2 is 2.28 bits per heavy atom. The van der Waals surface area contributed by atoms with Crippen LogP contribution in [0.15, 0.2) is 6.20 Å². The maximum atomic E-state index is 11.4. The van der Waals surface area contributed by atoms with Gasteiger partial charge in [-0.1, -0.05) is 5.21 Å². The van der Waals surface area contributed by atoms with Crippen LogP contribution in [0.5, 0.6) is 0 Å². The predicted octanol–water partition coefficient (Wildman–Crippen LogP) is -0.172. The first-order valence-corrected chi connectivity index (χ1v) is 5.83. The number of hydrogen-bond donors (Lipinski definition) is 3. The van der Waals surface area contributed by atoms with Crippen molar-refractivity contribution in [3.8, 4) is 0 Å². The first kappa shape index (κ1) is 12.3. The fourth-order valence-corrected chi connectivity index (χ4v) is 1.58. The first-order valence-electron chi connectivity index (χ1n) is 5.83. The van der Waals surface area contributed by atoms with E-state index in [4.69, 9.17) is 5.11 Å². The molecule has 1 saturated carbocycles. The predicted molar refractivity (Wildman–Crippen MR) is 61.2 cm³/mol. The molecule has 1 aliphatic rings. The number of aromatic carboxylic acids is 1. The quantitative estimate of drug-likeness (QED) is 0.675. The van der Waals surface area contributed by atoms with E-state index in [-0.39, 0.29) is 11.7 Å². The van der Waals surface area contributed by atoms with E-state index < -0.39 is 5.97 Å². The highest BCUT2D eigenvalue weighted by atomic mass is 16.4. The van der Waals surface area contributed by atoms with Crippen LogP contribution in [0.4, 0.5) is 4.79 Å². The number of hydrogen-bond acceptors (Lipinski definition) is 4. The number of rotatable bonds is 5. The maximum absolute atomic E-state index is 11.4. The fraction of sp³-hybridized carbons (Fsp3) is 0.600. The number of amides is 2. The summed E-state index contributed by atoms with van der Waals surface area (Å²) < 4.78 is 1.38. The molecule has 0 spiro atoms. The summed E-state index contributed by atoms with van der Waals surface area (Å²) in [6.07, 6.45) is 4.58. The van der Waals surface area contributed by atoms with Crippen molar-refractivity contribution in [3.63, 3.8) is 0 Å². The number of nitrogens with zero attached hydrogens (tertiary/aromatic N) is 3. The first-order chi connectivity index (χ1) is 8.65. The lowest BCUT2D eigenvalue weighted by atomic mass is 9.93. The van der Waals surface area contributed by atoms with E-state index in [0.29, 0.717) is 19.1 Å². The molecule has 0 atom stereocenters. The van der Waals surface area contributed by atoms with Gasteiger partial charge in [0.05, 0.1) is 12.7 Å². The van der Waals surface area contributed by atoms with Crippen LogP contribution in [-0.2, 0) is 6.54 Å². The summed E-state index contributed by atoms with van der Waals surface area (Å²) in [6, 6.07) is 0.105. The second-order valence-corrected chi connectivity index (χ2v) is 4.20. The average molecular weight is 253 g/mol. The number of carboxylic acids is 1. The molecule has 2 rings (SSSR count). The summed E-state index contributed by atoms with van der Waals surface area (Å²) in [6.45, 7) is 0.763. The van der Waals surface area contributed by atoms with Crippen molar-refractivity contribution in [2.24, 2.45) is 0 Å². The van der Waals surface area contributed by atoms with Crippen molar-refractivity contribution in [2.45, 2.75) is 31.8 Å². The molecule has 98 valence electrons. The molecular formula is C10H15N5O3. The highest BCUT2D eigenvalue weighted by Crippen LogP contribution is 2.17. The maximum Gasteiger partial charge on any atom is 0.358 e. The Kier molecular flexibility index (Phi) is 3.75. The van der Waals surface area contributed by atoms with Gasteiger partial charge in [-0.15, -0.1) is 5.10 Å². The Hall–Kier alpha value is -2.12. The zero-order valence-electron chi connectivity index (χ0n) is 9.80. The van der Waals surface area contributed by atoms with Crippen molar-refractivity contribution in [2.75, 3.05) is 6.54 Å². The van der Waals surface area contributed by atoms with E-state index in [2.05, 4.69) is 20.9 Å². The lowest BCUT2D eigenvalue weighted by Crippen LogP contribution is -2.45. The van der Waals surface area contributed by atoms with Crippen molar-refractivity contribution in [1.82, 2.24) is 25.6 Å². The van der Waals surface area contributed by atoms with Crippen LogP contribution in [0.2, 0.25) is 0 Å². The molecule has 3 N–H and O–H groups in total. The summed E-state index contributed by atoms with van der Waals surface area (Å²) in [5, 5.41) is 21.3. The van der Waals surface area contributed by atoms with Gasteiger partial charge >= 0.3 is 12.0 Å². The normalized spacial score (nSPS) is 14.9. The molecule has 0 unspecified atom stereocenters. The molecule has 0 aliphatic heterocycles. The number of urea groups is 1. The summed E-state index contributed by atoms with van der Waals surface area (Å²) in [4.78, 5) is 21.9. The van der Waals surface area contributed by atoms with Gasteiger partial charge in [-0.2, -0.15) is 0 Å². The Morgan fingerprint density at radius 1 is 1.50 bits per heavy atom. The summed E-state index contributed by atoms with van der Waals surface area (Å²) in [7, 11) is 0. The number of aromatic nitrogens is 3. The molecule has 0 aromatic carbocycles. The van der Waals surface area contributed by atoms with Gasteiger partial charge in [-0.25, -0.2) is 14.3 Å². The molecule has 1 fully saturated rings. The van der Waals surface area contributed by atoms with Gasteiger partial charge in [-0.05, 0) is 19.3 Å². The van der Waals surface area contributed by atoms with Gasteiger partial charge in [-0.3, -0.25) is 0 Å². The highest BCUT2D eigenvalue weighted by molar-refractivity contribution is 5.84. The van der Waals surface area contributed by atoms with E-state index in [9.17, 15) is 9.59 Å². The second-order valence-electron chi connectivity index (χ2n) is 4.20. The highest BCUT2D eigenvalue weighted by Gasteiger charge is 2.18. The molecule has 1 aliphatic carbocycles.